The van der Waals surface area contributed by atoms with Crippen LogP contribution in [0.15, 0.2) is 52.7 Å². The summed E-state index contributed by atoms with van der Waals surface area (Å²) in [6.07, 6.45) is 1.07. The van der Waals surface area contributed by atoms with Crippen LogP contribution in [0, 0.1) is 0 Å². The van der Waals surface area contributed by atoms with Gasteiger partial charge in [-0.25, -0.2) is 15.0 Å². The number of hydrogen-bond donors (Lipinski definition) is 3. The second kappa shape index (κ2) is 10.9. The summed E-state index contributed by atoms with van der Waals surface area (Å²) < 4.78 is 29.8. The SMILES string of the molecule is C=NC(C)=N/C=C(\C)c1cc(C(=O)Nc2ccc(OC(F)(F)Cl)cc2)cnc1N1C[C@H](O)[C@@H](O)C1. The minimum absolute atomic E-state index is 0.170. The molecule has 0 aliphatic carbocycles. The molecule has 9 nitrogen and oxygen atoms in total. The van der Waals surface area contributed by atoms with Crippen molar-refractivity contribution in [2.75, 3.05) is 23.3 Å². The van der Waals surface area contributed by atoms with E-state index in [2.05, 4.69) is 31.7 Å². The standard InChI is InChI=1S/C23H24ClF2N5O4/c1-13(9-28-14(2)27-3)18-8-15(10-29-21(18)31-11-19(32)20(33)12-31)22(34)30-16-4-6-17(7-5-16)35-23(24,25)26/h4-10,19-20,32-33H,3,11-12H2,1-2H3,(H,30,34)/b13-9+,28-14?/t19-,20-/m0/s1. The molecule has 1 aliphatic rings. The third-order valence-electron chi connectivity index (χ3n) is 5.13. The molecule has 1 fully saturated rings. The van der Waals surface area contributed by atoms with E-state index in [9.17, 15) is 23.8 Å². The van der Waals surface area contributed by atoms with Crippen LogP contribution in [0.4, 0.5) is 20.3 Å². The van der Waals surface area contributed by atoms with Crippen LogP contribution in [0.25, 0.3) is 5.57 Å². The second-order valence-electron chi connectivity index (χ2n) is 7.81. The number of halogens is 3. The van der Waals surface area contributed by atoms with E-state index in [1.807, 2.05) is 0 Å². The van der Waals surface area contributed by atoms with Crippen molar-refractivity contribution in [3.63, 3.8) is 0 Å². The second-order valence-corrected chi connectivity index (χ2v) is 8.25. The molecule has 3 N–H and O–H groups in total. The van der Waals surface area contributed by atoms with Gasteiger partial charge in [-0.2, -0.15) is 0 Å². The fraction of sp³-hybridized carbons (Fsp3) is 0.304. The number of alkyl halides is 3. The number of aliphatic hydroxyl groups is 2. The Bertz CT molecular complexity index is 1140. The first-order valence-electron chi connectivity index (χ1n) is 10.4. The van der Waals surface area contributed by atoms with E-state index in [1.54, 1.807) is 31.0 Å². The van der Waals surface area contributed by atoms with E-state index < -0.39 is 23.7 Å². The summed E-state index contributed by atoms with van der Waals surface area (Å²) in [5, 5.41) is 22.6. The van der Waals surface area contributed by atoms with Crippen molar-refractivity contribution in [3.8, 4) is 5.75 Å². The Labute approximate surface area is 205 Å². The molecular formula is C23H24ClF2N5O4. The number of carbonyl (C=O) groups is 1. The minimum atomic E-state index is -3.84. The first-order chi connectivity index (χ1) is 16.5. The van der Waals surface area contributed by atoms with Gasteiger partial charge in [-0.1, -0.05) is 0 Å². The van der Waals surface area contributed by atoms with Crippen molar-refractivity contribution in [3.05, 3.63) is 53.9 Å². The molecule has 2 heterocycles. The summed E-state index contributed by atoms with van der Waals surface area (Å²) >= 11 is 4.75. The fourth-order valence-electron chi connectivity index (χ4n) is 3.31. The van der Waals surface area contributed by atoms with Crippen molar-refractivity contribution < 1.29 is 28.5 Å². The fourth-order valence-corrected chi connectivity index (χ4v) is 3.40. The van der Waals surface area contributed by atoms with Gasteiger partial charge in [0, 0.05) is 48.3 Å². The largest absolute Gasteiger partial charge is 0.487 e. The van der Waals surface area contributed by atoms with E-state index in [0.29, 0.717) is 28.5 Å². The van der Waals surface area contributed by atoms with Crippen LogP contribution in [0.5, 0.6) is 5.75 Å². The molecule has 0 radical (unpaired) electrons. The predicted molar refractivity (Wildman–Crippen MR) is 131 cm³/mol. The van der Waals surface area contributed by atoms with Crippen LogP contribution >= 0.6 is 11.6 Å². The van der Waals surface area contributed by atoms with Gasteiger partial charge < -0.3 is 25.2 Å². The maximum Gasteiger partial charge on any atom is 0.487 e. The zero-order valence-corrected chi connectivity index (χ0v) is 19.7. The minimum Gasteiger partial charge on any atom is -0.420 e. The van der Waals surface area contributed by atoms with Crippen LogP contribution in [0.3, 0.4) is 0 Å². The highest BCUT2D eigenvalue weighted by Crippen LogP contribution is 2.30. The number of nitrogens with one attached hydrogen (secondary N) is 1. The molecule has 1 amide bonds. The van der Waals surface area contributed by atoms with Gasteiger partial charge in [-0.3, -0.25) is 4.79 Å². The van der Waals surface area contributed by atoms with E-state index in [-0.39, 0.29) is 24.4 Å². The lowest BCUT2D eigenvalue weighted by molar-refractivity contribution is -0.0964. The lowest BCUT2D eigenvalue weighted by Crippen LogP contribution is -2.24. The molecule has 0 bridgehead atoms. The van der Waals surface area contributed by atoms with E-state index >= 15 is 0 Å². The zero-order chi connectivity index (χ0) is 25.8. The Kier molecular flexibility index (Phi) is 8.15. The van der Waals surface area contributed by atoms with Crippen molar-refractivity contribution in [1.29, 1.82) is 0 Å². The number of nitrogens with zero attached hydrogens (tertiary/aromatic N) is 4. The van der Waals surface area contributed by atoms with Gasteiger partial charge in [-0.05, 0) is 56.5 Å². The maximum atomic E-state index is 12.9. The van der Waals surface area contributed by atoms with Crippen molar-refractivity contribution in [1.82, 2.24) is 4.98 Å². The Balaban J connectivity index is 1.88. The molecule has 2 aromatic rings. The first-order valence-corrected chi connectivity index (χ1v) is 10.8. The number of allylic oxidation sites excluding steroid dienone is 1. The highest BCUT2D eigenvalue weighted by Gasteiger charge is 2.32. The molecule has 1 saturated heterocycles. The maximum absolute atomic E-state index is 12.9. The Morgan fingerprint density at radius 2 is 1.91 bits per heavy atom. The summed E-state index contributed by atoms with van der Waals surface area (Å²) in [6.45, 7) is 7.22. The van der Waals surface area contributed by atoms with Gasteiger partial charge in [0.05, 0.1) is 17.8 Å². The van der Waals surface area contributed by atoms with Crippen LogP contribution in [0.2, 0.25) is 0 Å². The van der Waals surface area contributed by atoms with Gasteiger partial charge in [-0.15, -0.1) is 8.78 Å². The molecule has 0 spiro atoms. The van der Waals surface area contributed by atoms with Gasteiger partial charge in [0.2, 0.25) is 0 Å². The number of amides is 1. The quantitative estimate of drug-likeness (QED) is 0.300. The summed E-state index contributed by atoms with van der Waals surface area (Å²) in [7, 11) is 0. The summed E-state index contributed by atoms with van der Waals surface area (Å²) in [5.74, 6) is 0.244. The molecule has 1 aromatic heterocycles. The number of ether oxygens (including phenoxy) is 1. The number of anilines is 2. The average molecular weight is 508 g/mol. The van der Waals surface area contributed by atoms with Crippen LogP contribution in [-0.4, -0.2) is 64.5 Å². The topological polar surface area (TPSA) is 120 Å². The number of pyridine rings is 1. The first kappa shape index (κ1) is 26.2. The van der Waals surface area contributed by atoms with Crippen LogP contribution in [-0.2, 0) is 0 Å². The number of rotatable bonds is 7. The molecule has 1 aliphatic heterocycles. The number of carbonyl (C=O) groups excluding carboxylic acids is 1. The smallest absolute Gasteiger partial charge is 0.420 e. The third kappa shape index (κ3) is 7.04. The molecule has 186 valence electrons. The number of aromatic nitrogens is 1. The molecule has 2 atom stereocenters. The van der Waals surface area contributed by atoms with Gasteiger partial charge >= 0.3 is 5.57 Å². The summed E-state index contributed by atoms with van der Waals surface area (Å²) in [4.78, 5) is 26.9. The van der Waals surface area contributed by atoms with Gasteiger partial charge in [0.15, 0.2) is 0 Å². The molecule has 0 unspecified atom stereocenters. The summed E-state index contributed by atoms with van der Waals surface area (Å²) in [6, 6.07) is 6.86. The number of aliphatic hydroxyl groups excluding tert-OH is 2. The molecule has 3 rings (SSSR count). The number of amidine groups is 1. The highest BCUT2D eigenvalue weighted by molar-refractivity contribution is 6.20. The monoisotopic (exact) mass is 507 g/mol. The number of benzene rings is 1. The molecular weight excluding hydrogens is 484 g/mol. The zero-order valence-electron chi connectivity index (χ0n) is 19.0. The Morgan fingerprint density at radius 1 is 1.29 bits per heavy atom. The number of β-amino-alcohol motifs (C(OH)–C–C–N with tert-alkyl or cyclic N) is 2. The van der Waals surface area contributed by atoms with Crippen molar-refractivity contribution >= 4 is 47.1 Å². The highest BCUT2D eigenvalue weighted by atomic mass is 35.5. The van der Waals surface area contributed by atoms with Crippen molar-refractivity contribution in [2.45, 2.75) is 31.6 Å². The number of hydrogen-bond acceptors (Lipinski definition) is 7. The van der Waals surface area contributed by atoms with Crippen molar-refractivity contribution in [2.24, 2.45) is 9.98 Å². The third-order valence-corrected chi connectivity index (χ3v) is 5.21. The summed E-state index contributed by atoms with van der Waals surface area (Å²) in [5.41, 5.74) is -2.07. The molecule has 35 heavy (non-hydrogen) atoms. The number of aliphatic imine (C=N–C) groups is 2. The molecule has 1 aromatic carbocycles. The molecule has 0 saturated carbocycles. The van der Waals surface area contributed by atoms with E-state index in [4.69, 9.17) is 11.6 Å². The van der Waals surface area contributed by atoms with Crippen LogP contribution in [0.1, 0.15) is 29.8 Å². The van der Waals surface area contributed by atoms with Gasteiger partial charge in [0.1, 0.15) is 17.4 Å². The van der Waals surface area contributed by atoms with Crippen LogP contribution < -0.4 is 15.0 Å². The lowest BCUT2D eigenvalue weighted by Gasteiger charge is -2.21. The Hall–Kier alpha value is -3.41. The van der Waals surface area contributed by atoms with E-state index in [1.165, 1.54) is 30.5 Å². The van der Waals surface area contributed by atoms with Gasteiger partial charge in [0.25, 0.3) is 5.91 Å². The normalized spacial score (nSPS) is 19.0. The lowest BCUT2D eigenvalue weighted by atomic mass is 10.1. The predicted octanol–water partition coefficient (Wildman–Crippen LogP) is 3.52. The molecule has 12 heteroatoms. The van der Waals surface area contributed by atoms with E-state index in [0.717, 1.165) is 0 Å². The average Bonchev–Trinajstić information content (AvgIpc) is 3.15. The Morgan fingerprint density at radius 3 is 2.49 bits per heavy atom.